The van der Waals surface area contributed by atoms with Crippen LogP contribution in [0.3, 0.4) is 0 Å². The lowest BCUT2D eigenvalue weighted by atomic mass is 10.2. The maximum Gasteiger partial charge on any atom is 0.266 e. The Balaban J connectivity index is 1.82. The maximum atomic E-state index is 12.5. The number of nitrogens with zero attached hydrogens (tertiary/aromatic N) is 1. The second kappa shape index (κ2) is 6.77. The van der Waals surface area contributed by atoms with Gasteiger partial charge in [0.25, 0.3) is 5.91 Å². The summed E-state index contributed by atoms with van der Waals surface area (Å²) in [6.07, 6.45) is 1.88. The van der Waals surface area contributed by atoms with Gasteiger partial charge >= 0.3 is 0 Å². The number of rotatable bonds is 3. The van der Waals surface area contributed by atoms with Gasteiger partial charge in [0.2, 0.25) is 0 Å². The van der Waals surface area contributed by atoms with Gasteiger partial charge in [-0.25, -0.2) is 0 Å². The molecule has 1 aliphatic rings. The van der Waals surface area contributed by atoms with Crippen molar-refractivity contribution in [2.24, 2.45) is 0 Å². The molecule has 0 spiro atoms. The molecule has 1 aliphatic heterocycles. The third-order valence-electron chi connectivity index (χ3n) is 3.20. The fraction of sp³-hybridized carbons (Fsp3) is 0.0588. The Bertz CT molecular complexity index is 758. The van der Waals surface area contributed by atoms with Crippen molar-refractivity contribution in [1.29, 1.82) is 0 Å². The Kier molecular flexibility index (Phi) is 4.76. The number of halogens is 1. The summed E-state index contributed by atoms with van der Waals surface area (Å²) in [7, 11) is 0. The molecule has 1 heterocycles. The summed E-state index contributed by atoms with van der Waals surface area (Å²) >= 11 is 10.1. The van der Waals surface area contributed by atoms with Gasteiger partial charge in [0.05, 0.1) is 11.4 Å². The molecule has 0 N–H and O–H groups in total. The van der Waals surface area contributed by atoms with Gasteiger partial charge in [-0.15, -0.1) is 0 Å². The first kappa shape index (κ1) is 15.5. The van der Waals surface area contributed by atoms with Crippen LogP contribution in [0.1, 0.15) is 11.1 Å². The molecule has 22 heavy (non-hydrogen) atoms. The van der Waals surface area contributed by atoms with Crippen molar-refractivity contribution < 1.29 is 4.79 Å². The molecule has 2 aromatic carbocycles. The van der Waals surface area contributed by atoms with E-state index in [4.69, 9.17) is 12.2 Å². The number of hydrogen-bond acceptors (Lipinski definition) is 3. The first-order chi connectivity index (χ1) is 10.6. The fourth-order valence-electron chi connectivity index (χ4n) is 2.15. The molecule has 3 rings (SSSR count). The van der Waals surface area contributed by atoms with Crippen LogP contribution in [0.15, 0.2) is 64.0 Å². The zero-order valence-corrected chi connectivity index (χ0v) is 14.7. The summed E-state index contributed by atoms with van der Waals surface area (Å²) in [6, 6.07) is 17.7. The summed E-state index contributed by atoms with van der Waals surface area (Å²) in [5.41, 5.74) is 2.05. The summed E-state index contributed by atoms with van der Waals surface area (Å²) in [5, 5.41) is 0. The summed E-state index contributed by atoms with van der Waals surface area (Å²) in [6.45, 7) is 0.515. The zero-order chi connectivity index (χ0) is 15.5. The molecule has 110 valence electrons. The van der Waals surface area contributed by atoms with Gasteiger partial charge in [0.15, 0.2) is 0 Å². The van der Waals surface area contributed by atoms with Gasteiger partial charge < -0.3 is 0 Å². The quantitative estimate of drug-likeness (QED) is 0.552. The third-order valence-corrected chi connectivity index (χ3v) is 5.07. The summed E-state index contributed by atoms with van der Waals surface area (Å²) < 4.78 is 1.59. The largest absolute Gasteiger partial charge is 0.288 e. The molecule has 0 bridgehead atoms. The highest BCUT2D eigenvalue weighted by atomic mass is 79.9. The Labute approximate surface area is 147 Å². The van der Waals surface area contributed by atoms with E-state index in [1.54, 1.807) is 4.90 Å². The smallest absolute Gasteiger partial charge is 0.266 e. The van der Waals surface area contributed by atoms with Crippen molar-refractivity contribution in [3.63, 3.8) is 0 Å². The van der Waals surface area contributed by atoms with E-state index < -0.39 is 0 Å². The lowest BCUT2D eigenvalue weighted by molar-refractivity contribution is -0.122. The average Bonchev–Trinajstić information content (AvgIpc) is 2.76. The molecule has 1 amide bonds. The van der Waals surface area contributed by atoms with E-state index in [0.717, 1.165) is 15.6 Å². The zero-order valence-electron chi connectivity index (χ0n) is 11.5. The van der Waals surface area contributed by atoms with Crippen LogP contribution in [0.4, 0.5) is 0 Å². The van der Waals surface area contributed by atoms with E-state index in [0.29, 0.717) is 15.8 Å². The van der Waals surface area contributed by atoms with E-state index in [2.05, 4.69) is 15.9 Å². The molecule has 1 fully saturated rings. The van der Waals surface area contributed by atoms with Gasteiger partial charge in [-0.05, 0) is 29.3 Å². The fourth-order valence-corrected chi connectivity index (χ4v) is 3.82. The van der Waals surface area contributed by atoms with E-state index in [-0.39, 0.29) is 5.91 Å². The second-order valence-corrected chi connectivity index (χ2v) is 7.40. The van der Waals surface area contributed by atoms with Crippen LogP contribution in [0.5, 0.6) is 0 Å². The van der Waals surface area contributed by atoms with E-state index in [1.807, 2.05) is 60.7 Å². The van der Waals surface area contributed by atoms with Crippen LogP contribution >= 0.6 is 39.9 Å². The number of benzene rings is 2. The van der Waals surface area contributed by atoms with Crippen molar-refractivity contribution in [3.05, 3.63) is 75.1 Å². The monoisotopic (exact) mass is 389 g/mol. The van der Waals surface area contributed by atoms with Crippen molar-refractivity contribution >= 4 is 56.2 Å². The lowest BCUT2D eigenvalue weighted by Gasteiger charge is -2.14. The number of hydrogen-bond donors (Lipinski definition) is 0. The minimum absolute atomic E-state index is 0.0289. The van der Waals surface area contributed by atoms with Crippen LogP contribution in [0.25, 0.3) is 6.08 Å². The number of carbonyl (C=O) groups excluding carboxylic acids is 1. The molecule has 0 aromatic heterocycles. The van der Waals surface area contributed by atoms with Crippen molar-refractivity contribution in [2.75, 3.05) is 0 Å². The normalized spacial score (nSPS) is 16.6. The Morgan fingerprint density at radius 3 is 2.64 bits per heavy atom. The van der Waals surface area contributed by atoms with E-state index in [9.17, 15) is 4.79 Å². The van der Waals surface area contributed by atoms with Gasteiger partial charge in [-0.1, -0.05) is 82.4 Å². The Morgan fingerprint density at radius 1 is 1.14 bits per heavy atom. The Morgan fingerprint density at radius 2 is 1.91 bits per heavy atom. The molecule has 0 saturated carbocycles. The summed E-state index contributed by atoms with van der Waals surface area (Å²) in [4.78, 5) is 14.9. The van der Waals surface area contributed by atoms with Crippen LogP contribution in [0, 0.1) is 0 Å². The van der Waals surface area contributed by atoms with Gasteiger partial charge in [0.1, 0.15) is 4.32 Å². The SMILES string of the molecule is O=C1/C(=C\c2cccc(Br)c2)SC(=S)N1Cc1ccccc1. The van der Waals surface area contributed by atoms with Crippen LogP contribution < -0.4 is 0 Å². The maximum absolute atomic E-state index is 12.5. The minimum Gasteiger partial charge on any atom is -0.288 e. The molecule has 2 nitrogen and oxygen atoms in total. The first-order valence-corrected chi connectivity index (χ1v) is 8.70. The minimum atomic E-state index is -0.0289. The highest BCUT2D eigenvalue weighted by Gasteiger charge is 2.31. The van der Waals surface area contributed by atoms with E-state index >= 15 is 0 Å². The standard InChI is InChI=1S/C17H12BrNOS2/c18-14-8-4-7-13(9-14)10-15-16(20)19(17(21)22-15)11-12-5-2-1-3-6-12/h1-10H,11H2/b15-10+. The number of thiocarbonyl (C=S) groups is 1. The first-order valence-electron chi connectivity index (χ1n) is 6.68. The highest BCUT2D eigenvalue weighted by Crippen LogP contribution is 2.33. The molecule has 5 heteroatoms. The predicted molar refractivity (Wildman–Crippen MR) is 99.3 cm³/mol. The van der Waals surface area contributed by atoms with Gasteiger partial charge in [-0.2, -0.15) is 0 Å². The molecule has 0 atom stereocenters. The van der Waals surface area contributed by atoms with Gasteiger partial charge in [0, 0.05) is 4.47 Å². The second-order valence-electron chi connectivity index (χ2n) is 4.81. The number of carbonyl (C=O) groups is 1. The molecular weight excluding hydrogens is 378 g/mol. The van der Waals surface area contributed by atoms with Crippen molar-refractivity contribution in [1.82, 2.24) is 4.90 Å². The lowest BCUT2D eigenvalue weighted by Crippen LogP contribution is -2.27. The molecule has 0 radical (unpaired) electrons. The van der Waals surface area contributed by atoms with Crippen LogP contribution in [-0.4, -0.2) is 15.1 Å². The van der Waals surface area contributed by atoms with Crippen LogP contribution in [0.2, 0.25) is 0 Å². The van der Waals surface area contributed by atoms with Gasteiger partial charge in [-0.3, -0.25) is 9.69 Å². The molecule has 1 saturated heterocycles. The summed E-state index contributed by atoms with van der Waals surface area (Å²) in [5.74, 6) is -0.0289. The molecule has 2 aromatic rings. The highest BCUT2D eigenvalue weighted by molar-refractivity contribution is 9.10. The number of thioether (sulfide) groups is 1. The number of amides is 1. The third kappa shape index (κ3) is 3.48. The molecular formula is C17H12BrNOS2. The van der Waals surface area contributed by atoms with Crippen molar-refractivity contribution in [3.8, 4) is 0 Å². The average molecular weight is 390 g/mol. The van der Waals surface area contributed by atoms with Crippen LogP contribution in [-0.2, 0) is 11.3 Å². The topological polar surface area (TPSA) is 20.3 Å². The van der Waals surface area contributed by atoms with E-state index in [1.165, 1.54) is 11.8 Å². The Hall–Kier alpha value is -1.43. The van der Waals surface area contributed by atoms with Crippen molar-refractivity contribution in [2.45, 2.75) is 6.54 Å². The molecule has 0 aliphatic carbocycles. The molecule has 0 unspecified atom stereocenters. The predicted octanol–water partition coefficient (Wildman–Crippen LogP) is 4.85.